The summed E-state index contributed by atoms with van der Waals surface area (Å²) in [5.41, 5.74) is 0.920. The van der Waals surface area contributed by atoms with Crippen LogP contribution >= 0.6 is 23.2 Å². The van der Waals surface area contributed by atoms with Crippen LogP contribution in [-0.4, -0.2) is 34.8 Å². The van der Waals surface area contributed by atoms with Gasteiger partial charge in [-0.15, -0.1) is 0 Å². The predicted octanol–water partition coefficient (Wildman–Crippen LogP) is 4.71. The lowest BCUT2D eigenvalue weighted by atomic mass is 9.98. The summed E-state index contributed by atoms with van der Waals surface area (Å²) >= 11 is 12.0. The minimum atomic E-state index is -0.713. The van der Waals surface area contributed by atoms with E-state index in [1.807, 2.05) is 19.1 Å². The first-order valence-electron chi connectivity index (χ1n) is 9.80. The van der Waals surface area contributed by atoms with E-state index in [1.54, 1.807) is 40.1 Å². The maximum atomic E-state index is 13.2. The van der Waals surface area contributed by atoms with Crippen molar-refractivity contribution in [1.29, 1.82) is 0 Å². The molecule has 2 aliphatic heterocycles. The Bertz CT molecular complexity index is 1040. The number of hydrogen-bond donors (Lipinski definition) is 1. The fourth-order valence-corrected chi connectivity index (χ4v) is 4.58. The van der Waals surface area contributed by atoms with E-state index in [2.05, 4.69) is 5.32 Å². The van der Waals surface area contributed by atoms with Crippen molar-refractivity contribution in [2.75, 3.05) is 16.8 Å². The van der Waals surface area contributed by atoms with E-state index in [0.717, 1.165) is 0 Å². The first kappa shape index (κ1) is 20.7. The zero-order valence-corrected chi connectivity index (χ0v) is 18.0. The zero-order chi connectivity index (χ0) is 21.5. The van der Waals surface area contributed by atoms with Crippen molar-refractivity contribution in [1.82, 2.24) is 4.90 Å². The highest BCUT2D eigenvalue weighted by Gasteiger charge is 2.52. The fourth-order valence-electron chi connectivity index (χ4n) is 4.25. The third kappa shape index (κ3) is 3.55. The Hall–Kier alpha value is -2.57. The number of fused-ring (bicyclic) bond motifs is 3. The number of carbonyl (C=O) groups excluding carboxylic acids is 3. The molecule has 2 aromatic rings. The van der Waals surface area contributed by atoms with Gasteiger partial charge in [-0.25, -0.2) is 0 Å². The molecule has 3 amide bonds. The monoisotopic (exact) mass is 445 g/mol. The highest BCUT2D eigenvalue weighted by Crippen LogP contribution is 2.44. The van der Waals surface area contributed by atoms with E-state index >= 15 is 0 Å². The third-order valence-electron chi connectivity index (χ3n) is 5.73. The first-order valence-corrected chi connectivity index (χ1v) is 10.6. The van der Waals surface area contributed by atoms with Crippen LogP contribution in [0.1, 0.15) is 43.0 Å². The van der Waals surface area contributed by atoms with Crippen LogP contribution in [0.3, 0.4) is 0 Å². The second-order valence-electron chi connectivity index (χ2n) is 7.70. The molecule has 2 heterocycles. The van der Waals surface area contributed by atoms with E-state index in [-0.39, 0.29) is 24.1 Å². The van der Waals surface area contributed by atoms with Gasteiger partial charge in [0, 0.05) is 24.4 Å². The summed E-state index contributed by atoms with van der Waals surface area (Å²) < 4.78 is 0. The first-order chi connectivity index (χ1) is 14.3. The van der Waals surface area contributed by atoms with Gasteiger partial charge in [0.25, 0.3) is 5.91 Å². The minimum Gasteiger partial charge on any atom is -0.325 e. The van der Waals surface area contributed by atoms with Gasteiger partial charge in [-0.05, 0) is 50.1 Å². The van der Waals surface area contributed by atoms with Gasteiger partial charge < -0.3 is 10.2 Å². The number of rotatable bonds is 5. The topological polar surface area (TPSA) is 69.7 Å². The van der Waals surface area contributed by atoms with E-state index in [4.69, 9.17) is 23.2 Å². The maximum absolute atomic E-state index is 13.2. The van der Waals surface area contributed by atoms with Crippen LogP contribution < -0.4 is 10.2 Å². The summed E-state index contributed by atoms with van der Waals surface area (Å²) in [6, 6.07) is 12.0. The smallest absolute Gasteiger partial charge is 0.257 e. The number of amides is 3. The third-order valence-corrected chi connectivity index (χ3v) is 6.30. The molecular formula is C22H21Cl2N3O3. The summed E-state index contributed by atoms with van der Waals surface area (Å²) in [6.07, 6.45) is 1.62. The normalized spacial score (nSPS) is 20.2. The Morgan fingerprint density at radius 2 is 1.93 bits per heavy atom. The summed E-state index contributed by atoms with van der Waals surface area (Å²) in [7, 11) is 0. The number of halogens is 2. The van der Waals surface area contributed by atoms with Crippen molar-refractivity contribution in [3.8, 4) is 0 Å². The van der Waals surface area contributed by atoms with Crippen molar-refractivity contribution < 1.29 is 14.4 Å². The molecule has 0 aliphatic carbocycles. The summed E-state index contributed by atoms with van der Waals surface area (Å²) in [6.45, 7) is 2.28. The minimum absolute atomic E-state index is 0.00999. The van der Waals surface area contributed by atoms with Crippen LogP contribution in [0.5, 0.6) is 0 Å². The van der Waals surface area contributed by atoms with Crippen LogP contribution in [-0.2, 0) is 9.59 Å². The molecule has 0 saturated carbocycles. The highest BCUT2D eigenvalue weighted by atomic mass is 35.5. The molecule has 8 heteroatoms. The Balaban J connectivity index is 1.47. The molecular weight excluding hydrogens is 425 g/mol. The number of anilines is 2. The number of nitrogens with one attached hydrogen (secondary N) is 1. The predicted molar refractivity (Wildman–Crippen MR) is 117 cm³/mol. The second-order valence-corrected chi connectivity index (χ2v) is 8.54. The average Bonchev–Trinajstić information content (AvgIpc) is 3.03. The van der Waals surface area contributed by atoms with Crippen LogP contribution in [0.15, 0.2) is 42.5 Å². The summed E-state index contributed by atoms with van der Waals surface area (Å²) in [4.78, 5) is 41.6. The molecule has 1 N–H and O–H groups in total. The summed E-state index contributed by atoms with van der Waals surface area (Å²) in [5, 5.41) is 3.64. The molecule has 0 radical (unpaired) electrons. The lowest BCUT2D eigenvalue weighted by Gasteiger charge is -2.48. The van der Waals surface area contributed by atoms with E-state index in [0.29, 0.717) is 52.8 Å². The maximum Gasteiger partial charge on any atom is 0.257 e. The lowest BCUT2D eigenvalue weighted by molar-refractivity contribution is -0.118. The van der Waals surface area contributed by atoms with Gasteiger partial charge in [-0.3, -0.25) is 19.3 Å². The van der Waals surface area contributed by atoms with Gasteiger partial charge in [-0.2, -0.15) is 0 Å². The molecule has 156 valence electrons. The van der Waals surface area contributed by atoms with Crippen molar-refractivity contribution in [2.24, 2.45) is 0 Å². The highest BCUT2D eigenvalue weighted by molar-refractivity contribution is 6.35. The Kier molecular flexibility index (Phi) is 5.47. The molecule has 1 saturated heterocycles. The van der Waals surface area contributed by atoms with Crippen molar-refractivity contribution in [2.45, 2.75) is 38.3 Å². The zero-order valence-electron chi connectivity index (χ0n) is 16.5. The van der Waals surface area contributed by atoms with Crippen LogP contribution in [0.4, 0.5) is 11.4 Å². The van der Waals surface area contributed by atoms with Crippen molar-refractivity contribution in [3.63, 3.8) is 0 Å². The molecule has 2 aromatic carbocycles. The van der Waals surface area contributed by atoms with E-state index < -0.39 is 5.66 Å². The van der Waals surface area contributed by atoms with Gasteiger partial charge in [0.05, 0.1) is 22.0 Å². The molecule has 6 nitrogen and oxygen atoms in total. The van der Waals surface area contributed by atoms with Crippen LogP contribution in [0.2, 0.25) is 10.0 Å². The summed E-state index contributed by atoms with van der Waals surface area (Å²) in [5.74, 6) is -0.318. The van der Waals surface area contributed by atoms with Gasteiger partial charge in [0.15, 0.2) is 0 Å². The number of para-hydroxylation sites is 1. The van der Waals surface area contributed by atoms with Gasteiger partial charge in [-0.1, -0.05) is 35.3 Å². The molecule has 4 rings (SSSR count). The number of benzene rings is 2. The molecule has 0 aromatic heterocycles. The van der Waals surface area contributed by atoms with Gasteiger partial charge >= 0.3 is 0 Å². The van der Waals surface area contributed by atoms with Crippen molar-refractivity contribution >= 4 is 52.3 Å². The van der Waals surface area contributed by atoms with Crippen LogP contribution in [0, 0.1) is 0 Å². The molecule has 1 fully saturated rings. The van der Waals surface area contributed by atoms with E-state index in [9.17, 15) is 14.4 Å². The molecule has 0 bridgehead atoms. The standard InChI is InChI=1S/C22H21Cl2N3O3/c1-22-11-10-20(29)27(22)18-6-3-2-5-15(18)21(30)26(22)12-4-7-19(28)25-17-13-14(23)8-9-16(17)24/h2-3,5-6,8-9,13H,4,7,10-12H2,1H3,(H,25,28). The molecule has 1 unspecified atom stereocenters. The molecule has 2 aliphatic rings. The quantitative estimate of drug-likeness (QED) is 0.723. The number of carbonyl (C=O) groups is 3. The van der Waals surface area contributed by atoms with Crippen LogP contribution in [0.25, 0.3) is 0 Å². The molecule has 0 spiro atoms. The fraction of sp³-hybridized carbons (Fsp3) is 0.318. The number of nitrogens with zero attached hydrogens (tertiary/aromatic N) is 2. The largest absolute Gasteiger partial charge is 0.325 e. The SMILES string of the molecule is CC12CCC(=O)N1c1ccccc1C(=O)N2CCCC(=O)Nc1cc(Cl)ccc1Cl. The molecule has 1 atom stereocenters. The number of hydrogen-bond acceptors (Lipinski definition) is 3. The van der Waals surface area contributed by atoms with Gasteiger partial charge in [0.1, 0.15) is 5.66 Å². The Labute approximate surface area is 184 Å². The van der Waals surface area contributed by atoms with Gasteiger partial charge in [0.2, 0.25) is 11.8 Å². The lowest BCUT2D eigenvalue weighted by Crippen LogP contribution is -2.62. The Morgan fingerprint density at radius 1 is 1.17 bits per heavy atom. The second kappa shape index (κ2) is 7.93. The Morgan fingerprint density at radius 3 is 2.73 bits per heavy atom. The average molecular weight is 446 g/mol. The van der Waals surface area contributed by atoms with E-state index in [1.165, 1.54) is 0 Å². The molecule has 30 heavy (non-hydrogen) atoms. The van der Waals surface area contributed by atoms with Crippen molar-refractivity contribution in [3.05, 3.63) is 58.1 Å².